The molecule has 1 amide bonds. The van der Waals surface area contributed by atoms with Crippen LogP contribution in [0.5, 0.6) is 0 Å². The van der Waals surface area contributed by atoms with Crippen molar-refractivity contribution in [1.82, 2.24) is 15.0 Å². The van der Waals surface area contributed by atoms with E-state index in [2.05, 4.69) is 24.0 Å². The first-order valence-electron chi connectivity index (χ1n) is 7.71. The van der Waals surface area contributed by atoms with E-state index in [1.165, 1.54) is 0 Å². The molecule has 1 fully saturated rings. The summed E-state index contributed by atoms with van der Waals surface area (Å²) in [6, 6.07) is 9.15. The molecule has 0 radical (unpaired) electrons. The van der Waals surface area contributed by atoms with Gasteiger partial charge in [0.25, 0.3) is 5.91 Å². The van der Waals surface area contributed by atoms with Crippen LogP contribution in [0.25, 0.3) is 0 Å². The lowest BCUT2D eigenvalue weighted by Gasteiger charge is -2.15. The summed E-state index contributed by atoms with van der Waals surface area (Å²) < 4.78 is 11.1. The van der Waals surface area contributed by atoms with Gasteiger partial charge in [-0.1, -0.05) is 23.4 Å². The molecule has 23 heavy (non-hydrogen) atoms. The molecular weight excluding hydrogens is 294 g/mol. The Kier molecular flexibility index (Phi) is 4.17. The smallest absolute Gasteiger partial charge is 0.254 e. The SMILES string of the molecule is CN(Cc1noc(C2COC(C)(C)C2)n1)C(=O)c1ccccc1. The fraction of sp³-hybridized carbons (Fsp3) is 0.471. The number of nitrogens with zero attached hydrogens (tertiary/aromatic N) is 3. The number of carbonyl (C=O) groups is 1. The van der Waals surface area contributed by atoms with Crippen LogP contribution in [0.2, 0.25) is 0 Å². The van der Waals surface area contributed by atoms with Gasteiger partial charge in [0, 0.05) is 12.6 Å². The maximum absolute atomic E-state index is 12.3. The summed E-state index contributed by atoms with van der Waals surface area (Å²) in [5.41, 5.74) is 0.490. The van der Waals surface area contributed by atoms with Gasteiger partial charge in [-0.2, -0.15) is 4.98 Å². The van der Waals surface area contributed by atoms with Gasteiger partial charge < -0.3 is 14.2 Å². The Hall–Kier alpha value is -2.21. The molecule has 1 atom stereocenters. The van der Waals surface area contributed by atoms with Crippen molar-refractivity contribution in [2.75, 3.05) is 13.7 Å². The molecule has 1 saturated heterocycles. The predicted molar refractivity (Wildman–Crippen MR) is 83.9 cm³/mol. The summed E-state index contributed by atoms with van der Waals surface area (Å²) in [7, 11) is 1.73. The predicted octanol–water partition coefficient (Wildman–Crippen LogP) is 2.62. The number of aromatic nitrogens is 2. The summed E-state index contributed by atoms with van der Waals surface area (Å²) in [6.07, 6.45) is 0.855. The molecule has 0 aliphatic carbocycles. The largest absolute Gasteiger partial charge is 0.375 e. The fourth-order valence-electron chi connectivity index (χ4n) is 2.78. The van der Waals surface area contributed by atoms with Gasteiger partial charge in [-0.25, -0.2) is 0 Å². The fourth-order valence-corrected chi connectivity index (χ4v) is 2.78. The van der Waals surface area contributed by atoms with Gasteiger partial charge in [-0.3, -0.25) is 4.79 Å². The molecule has 1 aromatic carbocycles. The maximum Gasteiger partial charge on any atom is 0.254 e. The Morgan fingerprint density at radius 2 is 2.09 bits per heavy atom. The number of benzene rings is 1. The standard InChI is InChI=1S/C17H21N3O3/c1-17(2)9-13(11-22-17)15-18-14(19-23-15)10-20(3)16(21)12-7-5-4-6-8-12/h4-8,13H,9-11H2,1-3H3. The Morgan fingerprint density at radius 3 is 2.74 bits per heavy atom. The van der Waals surface area contributed by atoms with Crippen LogP contribution in [0.3, 0.4) is 0 Å². The quantitative estimate of drug-likeness (QED) is 0.867. The highest BCUT2D eigenvalue weighted by atomic mass is 16.5. The molecule has 3 rings (SSSR count). The number of ether oxygens (including phenoxy) is 1. The number of carbonyl (C=O) groups excluding carboxylic acids is 1. The Morgan fingerprint density at radius 1 is 1.35 bits per heavy atom. The molecule has 0 bridgehead atoms. The van der Waals surface area contributed by atoms with Crippen molar-refractivity contribution >= 4 is 5.91 Å². The second-order valence-electron chi connectivity index (χ2n) is 6.55. The number of rotatable bonds is 4. The average molecular weight is 315 g/mol. The third-order valence-electron chi connectivity index (χ3n) is 3.99. The highest BCUT2D eigenvalue weighted by Crippen LogP contribution is 2.35. The molecule has 1 aromatic heterocycles. The molecular formula is C17H21N3O3. The molecule has 0 saturated carbocycles. The van der Waals surface area contributed by atoms with E-state index in [9.17, 15) is 4.79 Å². The van der Waals surface area contributed by atoms with Crippen molar-refractivity contribution in [2.24, 2.45) is 0 Å². The van der Waals surface area contributed by atoms with E-state index in [1.54, 1.807) is 24.1 Å². The molecule has 0 N–H and O–H groups in total. The lowest BCUT2D eigenvalue weighted by molar-refractivity contribution is 0.0357. The van der Waals surface area contributed by atoms with E-state index in [4.69, 9.17) is 9.26 Å². The van der Waals surface area contributed by atoms with Crippen LogP contribution in [0.15, 0.2) is 34.9 Å². The summed E-state index contributed by atoms with van der Waals surface area (Å²) in [6.45, 7) is 5.01. The molecule has 6 heteroatoms. The van der Waals surface area contributed by atoms with Gasteiger partial charge in [-0.15, -0.1) is 0 Å². The minimum absolute atomic E-state index is 0.0673. The second-order valence-corrected chi connectivity index (χ2v) is 6.55. The zero-order valence-electron chi connectivity index (χ0n) is 13.7. The van der Waals surface area contributed by atoms with Gasteiger partial charge in [0.15, 0.2) is 5.82 Å². The highest BCUT2D eigenvalue weighted by molar-refractivity contribution is 5.93. The first-order chi connectivity index (χ1) is 10.9. The van der Waals surface area contributed by atoms with Gasteiger partial charge in [0.1, 0.15) is 0 Å². The van der Waals surface area contributed by atoms with Crippen LogP contribution in [-0.4, -0.2) is 40.2 Å². The molecule has 1 unspecified atom stereocenters. The Bertz CT molecular complexity index is 681. The van der Waals surface area contributed by atoms with Gasteiger partial charge >= 0.3 is 0 Å². The monoisotopic (exact) mass is 315 g/mol. The molecule has 6 nitrogen and oxygen atoms in total. The van der Waals surface area contributed by atoms with Crippen LogP contribution >= 0.6 is 0 Å². The first kappa shape index (κ1) is 15.7. The molecule has 0 spiro atoms. The minimum atomic E-state index is -0.153. The van der Waals surface area contributed by atoms with E-state index < -0.39 is 0 Å². The van der Waals surface area contributed by atoms with E-state index >= 15 is 0 Å². The maximum atomic E-state index is 12.3. The molecule has 1 aliphatic heterocycles. The third-order valence-corrected chi connectivity index (χ3v) is 3.99. The van der Waals surface area contributed by atoms with Crippen molar-refractivity contribution in [3.63, 3.8) is 0 Å². The van der Waals surface area contributed by atoms with Gasteiger partial charge in [-0.05, 0) is 32.4 Å². The molecule has 1 aliphatic rings. The van der Waals surface area contributed by atoms with Crippen molar-refractivity contribution in [1.29, 1.82) is 0 Å². The van der Waals surface area contributed by atoms with E-state index in [1.807, 2.05) is 18.2 Å². The van der Waals surface area contributed by atoms with Gasteiger partial charge in [0.05, 0.1) is 24.7 Å². The van der Waals surface area contributed by atoms with Crippen molar-refractivity contribution in [3.05, 3.63) is 47.6 Å². The van der Waals surface area contributed by atoms with Crippen molar-refractivity contribution < 1.29 is 14.1 Å². The lowest BCUT2D eigenvalue weighted by Crippen LogP contribution is -2.26. The molecule has 2 aromatic rings. The highest BCUT2D eigenvalue weighted by Gasteiger charge is 2.36. The lowest BCUT2D eigenvalue weighted by atomic mass is 9.98. The Balaban J connectivity index is 1.64. The van der Waals surface area contributed by atoms with Gasteiger partial charge in [0.2, 0.25) is 5.89 Å². The summed E-state index contributed by atoms with van der Waals surface area (Å²) >= 11 is 0. The van der Waals surface area contributed by atoms with Crippen molar-refractivity contribution in [2.45, 2.75) is 38.3 Å². The topological polar surface area (TPSA) is 68.5 Å². The van der Waals surface area contributed by atoms with Crippen molar-refractivity contribution in [3.8, 4) is 0 Å². The van der Waals surface area contributed by atoms with Crippen LogP contribution in [0.4, 0.5) is 0 Å². The zero-order chi connectivity index (χ0) is 16.4. The number of amides is 1. The number of hydrogen-bond acceptors (Lipinski definition) is 5. The summed E-state index contributed by atoms with van der Waals surface area (Å²) in [5, 5.41) is 3.99. The van der Waals surface area contributed by atoms with E-state index in [0.29, 0.717) is 30.4 Å². The second kappa shape index (κ2) is 6.12. The summed E-state index contributed by atoms with van der Waals surface area (Å²) in [4.78, 5) is 18.3. The third kappa shape index (κ3) is 3.59. The molecule has 122 valence electrons. The average Bonchev–Trinajstić information content (AvgIpc) is 3.13. The van der Waals surface area contributed by atoms with Crippen LogP contribution in [0, 0.1) is 0 Å². The van der Waals surface area contributed by atoms with E-state index in [-0.39, 0.29) is 17.4 Å². The van der Waals surface area contributed by atoms with Crippen LogP contribution < -0.4 is 0 Å². The first-order valence-corrected chi connectivity index (χ1v) is 7.71. The van der Waals surface area contributed by atoms with Crippen LogP contribution in [-0.2, 0) is 11.3 Å². The molecule has 2 heterocycles. The zero-order valence-corrected chi connectivity index (χ0v) is 13.7. The van der Waals surface area contributed by atoms with E-state index in [0.717, 1.165) is 6.42 Å². The number of hydrogen-bond donors (Lipinski definition) is 0. The van der Waals surface area contributed by atoms with Crippen LogP contribution in [0.1, 0.15) is 48.3 Å². The summed E-state index contributed by atoms with van der Waals surface area (Å²) in [5.74, 6) is 1.16. The Labute approximate surface area is 135 Å². The normalized spacial score (nSPS) is 19.7. The minimum Gasteiger partial charge on any atom is -0.375 e.